The number of benzene rings is 1. The van der Waals surface area contributed by atoms with Gasteiger partial charge in [0.2, 0.25) is 0 Å². The number of hydrogen-bond donors (Lipinski definition) is 1. The van der Waals surface area contributed by atoms with Crippen molar-refractivity contribution in [2.45, 2.75) is 13.2 Å². The highest BCUT2D eigenvalue weighted by molar-refractivity contribution is 7.15. The standard InChI is InChI=1S/C12H11Cl2NO2S/c1-17-6-10-11(5-16)18-12(15-10)8-3-2-7(13)4-9(8)14/h2-4,16H,5-6H2,1H3. The lowest BCUT2D eigenvalue weighted by atomic mass is 10.2. The van der Waals surface area contributed by atoms with Crippen molar-refractivity contribution in [1.82, 2.24) is 4.98 Å². The highest BCUT2D eigenvalue weighted by Gasteiger charge is 2.14. The van der Waals surface area contributed by atoms with Crippen LogP contribution in [0.2, 0.25) is 10.0 Å². The van der Waals surface area contributed by atoms with E-state index in [-0.39, 0.29) is 6.61 Å². The summed E-state index contributed by atoms with van der Waals surface area (Å²) in [7, 11) is 1.59. The number of halogens is 2. The van der Waals surface area contributed by atoms with E-state index in [4.69, 9.17) is 27.9 Å². The number of ether oxygens (including phenoxy) is 1. The highest BCUT2D eigenvalue weighted by Crippen LogP contribution is 2.34. The first kappa shape index (κ1) is 13.8. The Balaban J connectivity index is 2.44. The number of nitrogens with zero attached hydrogens (tertiary/aromatic N) is 1. The summed E-state index contributed by atoms with van der Waals surface area (Å²) < 4.78 is 5.05. The average molecular weight is 304 g/mol. The second kappa shape index (κ2) is 5.99. The van der Waals surface area contributed by atoms with E-state index in [1.807, 2.05) is 6.07 Å². The zero-order valence-electron chi connectivity index (χ0n) is 9.61. The Hall–Kier alpha value is -0.650. The molecule has 6 heteroatoms. The van der Waals surface area contributed by atoms with Gasteiger partial charge in [-0.1, -0.05) is 23.2 Å². The maximum atomic E-state index is 9.28. The van der Waals surface area contributed by atoms with Crippen molar-refractivity contribution in [3.63, 3.8) is 0 Å². The zero-order chi connectivity index (χ0) is 13.1. The van der Waals surface area contributed by atoms with Crippen LogP contribution in [0.25, 0.3) is 10.6 Å². The van der Waals surface area contributed by atoms with Crippen molar-refractivity contribution in [3.8, 4) is 10.6 Å². The number of thiazole rings is 1. The van der Waals surface area contributed by atoms with Gasteiger partial charge in [0.15, 0.2) is 0 Å². The van der Waals surface area contributed by atoms with E-state index in [1.165, 1.54) is 11.3 Å². The molecule has 0 aliphatic heterocycles. The SMILES string of the molecule is COCc1nc(-c2ccc(Cl)cc2Cl)sc1CO. The van der Waals surface area contributed by atoms with E-state index in [1.54, 1.807) is 19.2 Å². The molecule has 0 unspecified atom stereocenters. The molecule has 18 heavy (non-hydrogen) atoms. The Kier molecular flexibility index (Phi) is 4.59. The third kappa shape index (κ3) is 2.84. The Labute approximate surface area is 119 Å². The summed E-state index contributed by atoms with van der Waals surface area (Å²) in [5, 5.41) is 11.2. The minimum atomic E-state index is -0.0540. The van der Waals surface area contributed by atoms with Gasteiger partial charge in [-0.2, -0.15) is 0 Å². The molecule has 0 aliphatic rings. The summed E-state index contributed by atoms with van der Waals surface area (Å²) in [6.07, 6.45) is 0. The van der Waals surface area contributed by atoms with Gasteiger partial charge in [-0.3, -0.25) is 0 Å². The molecular formula is C12H11Cl2NO2S. The first-order chi connectivity index (χ1) is 8.65. The highest BCUT2D eigenvalue weighted by atomic mass is 35.5. The molecule has 3 nitrogen and oxygen atoms in total. The number of aliphatic hydroxyl groups excluding tert-OH is 1. The number of aliphatic hydroxyl groups is 1. The fourth-order valence-corrected chi connectivity index (χ4v) is 3.05. The fourth-order valence-electron chi connectivity index (χ4n) is 1.53. The van der Waals surface area contributed by atoms with Gasteiger partial charge < -0.3 is 9.84 Å². The maximum Gasteiger partial charge on any atom is 0.125 e. The fraction of sp³-hybridized carbons (Fsp3) is 0.250. The predicted octanol–water partition coefficient (Wildman–Crippen LogP) is 3.76. The van der Waals surface area contributed by atoms with Crippen molar-refractivity contribution in [2.75, 3.05) is 7.11 Å². The van der Waals surface area contributed by atoms with Crippen LogP contribution in [0.4, 0.5) is 0 Å². The van der Waals surface area contributed by atoms with Crippen LogP contribution in [0.3, 0.4) is 0 Å². The van der Waals surface area contributed by atoms with Crippen LogP contribution in [0, 0.1) is 0 Å². The smallest absolute Gasteiger partial charge is 0.125 e. The molecule has 1 heterocycles. The molecule has 0 saturated heterocycles. The molecule has 0 bridgehead atoms. The molecule has 0 fully saturated rings. The molecule has 0 saturated carbocycles. The molecule has 96 valence electrons. The van der Waals surface area contributed by atoms with Crippen molar-refractivity contribution in [2.24, 2.45) is 0 Å². The normalized spacial score (nSPS) is 10.9. The summed E-state index contributed by atoms with van der Waals surface area (Å²) in [5.41, 5.74) is 1.55. The molecule has 0 aliphatic carbocycles. The average Bonchev–Trinajstić information content (AvgIpc) is 2.72. The molecule has 0 spiro atoms. The third-order valence-corrected chi connectivity index (χ3v) is 4.03. The second-order valence-electron chi connectivity index (χ2n) is 3.60. The van der Waals surface area contributed by atoms with Gasteiger partial charge in [0.05, 0.1) is 28.8 Å². The van der Waals surface area contributed by atoms with Crippen LogP contribution >= 0.6 is 34.5 Å². The molecule has 1 aromatic heterocycles. The lowest BCUT2D eigenvalue weighted by Gasteiger charge is -2.00. The third-order valence-electron chi connectivity index (χ3n) is 2.36. The second-order valence-corrected chi connectivity index (χ2v) is 5.53. The monoisotopic (exact) mass is 303 g/mol. The Bertz CT molecular complexity index is 557. The molecular weight excluding hydrogens is 293 g/mol. The van der Waals surface area contributed by atoms with Gasteiger partial charge in [0.1, 0.15) is 5.01 Å². The van der Waals surface area contributed by atoms with Gasteiger partial charge >= 0.3 is 0 Å². The molecule has 0 amide bonds. The number of aromatic nitrogens is 1. The van der Waals surface area contributed by atoms with Crippen LogP contribution in [0.15, 0.2) is 18.2 Å². The van der Waals surface area contributed by atoms with E-state index in [2.05, 4.69) is 4.98 Å². The van der Waals surface area contributed by atoms with Crippen LogP contribution in [-0.2, 0) is 18.0 Å². The first-order valence-corrected chi connectivity index (χ1v) is 6.76. The molecule has 0 atom stereocenters. The van der Waals surface area contributed by atoms with Gasteiger partial charge in [-0.25, -0.2) is 4.98 Å². The van der Waals surface area contributed by atoms with E-state index in [0.717, 1.165) is 21.1 Å². The molecule has 0 radical (unpaired) electrons. The zero-order valence-corrected chi connectivity index (χ0v) is 11.9. The van der Waals surface area contributed by atoms with Gasteiger partial charge in [-0.05, 0) is 18.2 Å². The molecule has 2 aromatic rings. The summed E-state index contributed by atoms with van der Waals surface area (Å²) in [5.74, 6) is 0. The Morgan fingerprint density at radius 1 is 1.39 bits per heavy atom. The topological polar surface area (TPSA) is 42.4 Å². The van der Waals surface area contributed by atoms with Crippen molar-refractivity contribution >= 4 is 34.5 Å². The van der Waals surface area contributed by atoms with E-state index in [9.17, 15) is 5.11 Å². The molecule has 2 rings (SSSR count). The van der Waals surface area contributed by atoms with E-state index in [0.29, 0.717) is 16.7 Å². The van der Waals surface area contributed by atoms with Crippen LogP contribution in [-0.4, -0.2) is 17.2 Å². The van der Waals surface area contributed by atoms with Crippen LogP contribution in [0.1, 0.15) is 10.6 Å². The quantitative estimate of drug-likeness (QED) is 0.935. The van der Waals surface area contributed by atoms with Gasteiger partial charge in [-0.15, -0.1) is 11.3 Å². The summed E-state index contributed by atoms with van der Waals surface area (Å²) >= 11 is 13.4. The minimum Gasteiger partial charge on any atom is -0.391 e. The number of methoxy groups -OCH3 is 1. The molecule has 1 aromatic carbocycles. The number of hydrogen-bond acceptors (Lipinski definition) is 4. The summed E-state index contributed by atoms with van der Waals surface area (Å²) in [4.78, 5) is 5.23. The lowest BCUT2D eigenvalue weighted by Crippen LogP contribution is -1.92. The minimum absolute atomic E-state index is 0.0540. The van der Waals surface area contributed by atoms with Crippen LogP contribution < -0.4 is 0 Å². The van der Waals surface area contributed by atoms with E-state index < -0.39 is 0 Å². The Morgan fingerprint density at radius 3 is 2.78 bits per heavy atom. The molecule has 1 N–H and O–H groups in total. The van der Waals surface area contributed by atoms with Crippen molar-refractivity contribution in [1.29, 1.82) is 0 Å². The largest absolute Gasteiger partial charge is 0.391 e. The van der Waals surface area contributed by atoms with Gasteiger partial charge in [0, 0.05) is 17.7 Å². The van der Waals surface area contributed by atoms with Crippen LogP contribution in [0.5, 0.6) is 0 Å². The van der Waals surface area contributed by atoms with Crippen molar-refractivity contribution < 1.29 is 9.84 Å². The summed E-state index contributed by atoms with van der Waals surface area (Å²) in [6.45, 7) is 0.319. The Morgan fingerprint density at radius 2 is 2.17 bits per heavy atom. The lowest BCUT2D eigenvalue weighted by molar-refractivity contribution is 0.179. The van der Waals surface area contributed by atoms with Gasteiger partial charge in [0.25, 0.3) is 0 Å². The first-order valence-electron chi connectivity index (χ1n) is 5.19. The number of rotatable bonds is 4. The van der Waals surface area contributed by atoms with Crippen molar-refractivity contribution in [3.05, 3.63) is 38.8 Å². The predicted molar refractivity (Wildman–Crippen MR) is 74.2 cm³/mol. The summed E-state index contributed by atoms with van der Waals surface area (Å²) in [6, 6.07) is 5.26. The maximum absolute atomic E-state index is 9.28. The van der Waals surface area contributed by atoms with E-state index >= 15 is 0 Å².